The van der Waals surface area contributed by atoms with Gasteiger partial charge in [0.05, 0.1) is 0 Å². The minimum Gasteiger partial charge on any atom is -0.456 e. The van der Waals surface area contributed by atoms with Gasteiger partial charge in [0.1, 0.15) is 5.76 Å². The van der Waals surface area contributed by atoms with Crippen LogP contribution in [0.5, 0.6) is 0 Å². The Morgan fingerprint density at radius 1 is 1.16 bits per heavy atom. The molecule has 2 aromatic heterocycles. The van der Waals surface area contributed by atoms with Gasteiger partial charge in [-0.25, -0.2) is 0 Å². The van der Waals surface area contributed by atoms with Crippen LogP contribution in [-0.2, 0) is 6.42 Å². The van der Waals surface area contributed by atoms with E-state index in [-0.39, 0.29) is 0 Å². The first kappa shape index (κ1) is 11.5. The van der Waals surface area contributed by atoms with Crippen LogP contribution in [0.4, 0.5) is 5.69 Å². The average Bonchev–Trinajstić information content (AvgIpc) is 3.08. The Kier molecular flexibility index (Phi) is 2.79. The molecule has 0 amide bonds. The van der Waals surface area contributed by atoms with Gasteiger partial charge in [-0.2, -0.15) is 4.98 Å². The van der Waals surface area contributed by atoms with Crippen LogP contribution in [0.3, 0.4) is 0 Å². The largest absolute Gasteiger partial charge is 0.456 e. The number of benzene rings is 1. The third-order valence-electron chi connectivity index (χ3n) is 2.85. The van der Waals surface area contributed by atoms with E-state index in [1.165, 1.54) is 0 Å². The summed E-state index contributed by atoms with van der Waals surface area (Å²) in [6, 6.07) is 11.1. The standard InChI is InChI=1S/C14H13N3O2/c1-2-9-7-8-12(18-9)14-16-13(17-19-14)10-5-3-4-6-11(10)15/h3-8H,2,15H2,1H3. The third-order valence-corrected chi connectivity index (χ3v) is 2.85. The molecule has 0 saturated carbocycles. The summed E-state index contributed by atoms with van der Waals surface area (Å²) in [5, 5.41) is 3.93. The zero-order valence-corrected chi connectivity index (χ0v) is 10.5. The van der Waals surface area contributed by atoms with Gasteiger partial charge in [0.15, 0.2) is 5.76 Å². The summed E-state index contributed by atoms with van der Waals surface area (Å²) in [5.74, 6) is 2.28. The summed E-state index contributed by atoms with van der Waals surface area (Å²) in [7, 11) is 0. The zero-order valence-electron chi connectivity index (χ0n) is 10.5. The second-order valence-electron chi connectivity index (χ2n) is 4.13. The summed E-state index contributed by atoms with van der Waals surface area (Å²) in [4.78, 5) is 4.31. The first-order valence-corrected chi connectivity index (χ1v) is 6.05. The van der Waals surface area contributed by atoms with Crippen molar-refractivity contribution in [3.8, 4) is 23.0 Å². The highest BCUT2D eigenvalue weighted by Gasteiger charge is 2.15. The monoisotopic (exact) mass is 255 g/mol. The first-order chi connectivity index (χ1) is 9.28. The van der Waals surface area contributed by atoms with Crippen molar-refractivity contribution < 1.29 is 8.94 Å². The van der Waals surface area contributed by atoms with E-state index in [0.717, 1.165) is 17.7 Å². The molecule has 0 radical (unpaired) electrons. The van der Waals surface area contributed by atoms with E-state index in [4.69, 9.17) is 14.7 Å². The Hall–Kier alpha value is -2.56. The fourth-order valence-corrected chi connectivity index (χ4v) is 1.82. The predicted octanol–water partition coefficient (Wildman–Crippen LogP) is 3.14. The van der Waals surface area contributed by atoms with E-state index in [1.54, 1.807) is 6.07 Å². The van der Waals surface area contributed by atoms with Crippen LogP contribution in [-0.4, -0.2) is 10.1 Å². The van der Waals surface area contributed by atoms with Crippen LogP contribution in [0, 0.1) is 0 Å². The molecule has 0 aliphatic rings. The second kappa shape index (κ2) is 4.61. The van der Waals surface area contributed by atoms with Gasteiger partial charge in [-0.1, -0.05) is 24.2 Å². The molecule has 0 aliphatic carbocycles. The van der Waals surface area contributed by atoms with Gasteiger partial charge in [0, 0.05) is 17.7 Å². The molecule has 19 heavy (non-hydrogen) atoms. The van der Waals surface area contributed by atoms with Crippen molar-refractivity contribution in [2.24, 2.45) is 0 Å². The Morgan fingerprint density at radius 3 is 2.74 bits per heavy atom. The summed E-state index contributed by atoms with van der Waals surface area (Å²) in [5.41, 5.74) is 7.25. The summed E-state index contributed by atoms with van der Waals surface area (Å²) in [6.45, 7) is 2.02. The Bertz CT molecular complexity index is 700. The zero-order chi connectivity index (χ0) is 13.2. The van der Waals surface area contributed by atoms with E-state index >= 15 is 0 Å². The molecule has 5 heteroatoms. The molecular formula is C14H13N3O2. The maximum absolute atomic E-state index is 5.88. The number of nitrogens with two attached hydrogens (primary N) is 1. The van der Waals surface area contributed by atoms with E-state index in [9.17, 15) is 0 Å². The number of hydrogen-bond acceptors (Lipinski definition) is 5. The number of para-hydroxylation sites is 1. The number of hydrogen-bond donors (Lipinski definition) is 1. The number of aryl methyl sites for hydroxylation is 1. The maximum atomic E-state index is 5.88. The van der Waals surface area contributed by atoms with Gasteiger partial charge in [-0.15, -0.1) is 0 Å². The highest BCUT2D eigenvalue weighted by molar-refractivity contribution is 5.71. The highest BCUT2D eigenvalue weighted by Crippen LogP contribution is 2.26. The average molecular weight is 255 g/mol. The molecule has 0 atom stereocenters. The van der Waals surface area contributed by atoms with Crippen LogP contribution in [0.1, 0.15) is 12.7 Å². The molecular weight excluding hydrogens is 242 g/mol. The fraction of sp³-hybridized carbons (Fsp3) is 0.143. The van der Waals surface area contributed by atoms with Crippen molar-refractivity contribution >= 4 is 5.69 Å². The lowest BCUT2D eigenvalue weighted by molar-refractivity contribution is 0.412. The van der Waals surface area contributed by atoms with Crippen LogP contribution in [0.2, 0.25) is 0 Å². The smallest absolute Gasteiger partial charge is 0.293 e. The molecule has 0 spiro atoms. The molecule has 2 heterocycles. The van der Waals surface area contributed by atoms with Gasteiger partial charge in [-0.05, 0) is 24.3 Å². The van der Waals surface area contributed by atoms with Crippen molar-refractivity contribution in [2.45, 2.75) is 13.3 Å². The molecule has 0 unspecified atom stereocenters. The summed E-state index contributed by atoms with van der Waals surface area (Å²) < 4.78 is 10.8. The summed E-state index contributed by atoms with van der Waals surface area (Å²) >= 11 is 0. The quantitative estimate of drug-likeness (QED) is 0.727. The van der Waals surface area contributed by atoms with Gasteiger partial charge in [-0.3, -0.25) is 0 Å². The van der Waals surface area contributed by atoms with E-state index in [2.05, 4.69) is 10.1 Å². The van der Waals surface area contributed by atoms with Gasteiger partial charge < -0.3 is 14.7 Å². The maximum Gasteiger partial charge on any atom is 0.293 e. The minimum absolute atomic E-state index is 0.359. The minimum atomic E-state index is 0.359. The van der Waals surface area contributed by atoms with Crippen LogP contribution in [0.15, 0.2) is 45.3 Å². The molecule has 96 valence electrons. The summed E-state index contributed by atoms with van der Waals surface area (Å²) in [6.07, 6.45) is 0.826. The lowest BCUT2D eigenvalue weighted by Gasteiger charge is -1.97. The van der Waals surface area contributed by atoms with Gasteiger partial charge in [0.25, 0.3) is 5.89 Å². The molecule has 0 aliphatic heterocycles. The molecule has 3 rings (SSSR count). The second-order valence-corrected chi connectivity index (χ2v) is 4.13. The Balaban J connectivity index is 1.97. The van der Waals surface area contributed by atoms with Crippen molar-refractivity contribution in [1.82, 2.24) is 10.1 Å². The van der Waals surface area contributed by atoms with Crippen LogP contribution >= 0.6 is 0 Å². The van der Waals surface area contributed by atoms with Crippen molar-refractivity contribution in [3.63, 3.8) is 0 Å². The van der Waals surface area contributed by atoms with Crippen molar-refractivity contribution in [2.75, 3.05) is 5.73 Å². The molecule has 5 nitrogen and oxygen atoms in total. The van der Waals surface area contributed by atoms with Gasteiger partial charge in [0.2, 0.25) is 5.82 Å². The van der Waals surface area contributed by atoms with Crippen LogP contribution < -0.4 is 5.73 Å². The number of nitrogens with zero attached hydrogens (tertiary/aromatic N) is 2. The van der Waals surface area contributed by atoms with Crippen molar-refractivity contribution in [3.05, 3.63) is 42.2 Å². The molecule has 0 fully saturated rings. The Labute approximate surface area is 110 Å². The van der Waals surface area contributed by atoms with E-state index in [1.807, 2.05) is 37.3 Å². The molecule has 0 bridgehead atoms. The number of rotatable bonds is 3. The first-order valence-electron chi connectivity index (χ1n) is 6.05. The number of anilines is 1. The predicted molar refractivity (Wildman–Crippen MR) is 71.2 cm³/mol. The molecule has 2 N–H and O–H groups in total. The lowest BCUT2D eigenvalue weighted by atomic mass is 10.2. The number of furan rings is 1. The highest BCUT2D eigenvalue weighted by atomic mass is 16.5. The van der Waals surface area contributed by atoms with E-state index < -0.39 is 0 Å². The normalized spacial score (nSPS) is 10.8. The lowest BCUT2D eigenvalue weighted by Crippen LogP contribution is -1.90. The van der Waals surface area contributed by atoms with E-state index in [0.29, 0.717) is 23.2 Å². The van der Waals surface area contributed by atoms with Crippen LogP contribution in [0.25, 0.3) is 23.0 Å². The van der Waals surface area contributed by atoms with Crippen molar-refractivity contribution in [1.29, 1.82) is 0 Å². The molecule has 0 saturated heterocycles. The fourth-order valence-electron chi connectivity index (χ4n) is 1.82. The number of nitrogen functional groups attached to an aromatic ring is 1. The molecule has 3 aromatic rings. The molecule has 1 aromatic carbocycles. The van der Waals surface area contributed by atoms with Gasteiger partial charge >= 0.3 is 0 Å². The SMILES string of the molecule is CCc1ccc(-c2nc(-c3ccccc3N)no2)o1. The topological polar surface area (TPSA) is 78.1 Å². The Morgan fingerprint density at radius 2 is 2.00 bits per heavy atom. The third kappa shape index (κ3) is 2.10. The number of aromatic nitrogens is 2.